The summed E-state index contributed by atoms with van der Waals surface area (Å²) in [4.78, 5) is 0. The lowest BCUT2D eigenvalue weighted by molar-refractivity contribution is -0.168. The summed E-state index contributed by atoms with van der Waals surface area (Å²) in [6.07, 6.45) is 2.27. The molecule has 1 unspecified atom stereocenters. The molecule has 0 amide bonds. The van der Waals surface area contributed by atoms with Crippen molar-refractivity contribution in [3.8, 4) is 0 Å². The molecule has 0 spiro atoms. The van der Waals surface area contributed by atoms with E-state index in [0.717, 1.165) is 12.8 Å². The Balaban J connectivity index is 2.20. The lowest BCUT2D eigenvalue weighted by atomic mass is 10.2. The largest absolute Gasteiger partial charge is 0.345 e. The van der Waals surface area contributed by atoms with Crippen LogP contribution in [-0.4, -0.2) is 19.3 Å². The van der Waals surface area contributed by atoms with E-state index in [1.807, 2.05) is 0 Å². The van der Waals surface area contributed by atoms with Gasteiger partial charge in [-0.2, -0.15) is 8.78 Å². The number of rotatable bonds is 5. The van der Waals surface area contributed by atoms with Crippen molar-refractivity contribution in [1.82, 2.24) is 0 Å². The molecule has 0 aromatic heterocycles. The van der Waals surface area contributed by atoms with Gasteiger partial charge in [0, 0.05) is 0 Å². The van der Waals surface area contributed by atoms with Gasteiger partial charge >= 0.3 is 6.61 Å². The maximum atomic E-state index is 11.7. The average Bonchev–Trinajstić information content (AvgIpc) is 2.66. The van der Waals surface area contributed by atoms with Gasteiger partial charge in [-0.1, -0.05) is 0 Å². The molecule has 4 heteroatoms. The third kappa shape index (κ3) is 3.12. The molecule has 11 heavy (non-hydrogen) atoms. The van der Waals surface area contributed by atoms with E-state index in [2.05, 4.69) is 4.74 Å². The van der Waals surface area contributed by atoms with E-state index in [1.54, 1.807) is 0 Å². The Hall–Kier alpha value is -0.220. The molecule has 0 heterocycles. The van der Waals surface area contributed by atoms with Gasteiger partial charge in [0.2, 0.25) is 0 Å². The van der Waals surface area contributed by atoms with Crippen LogP contribution in [0.25, 0.3) is 0 Å². The van der Waals surface area contributed by atoms with E-state index in [1.165, 1.54) is 0 Å². The van der Waals surface area contributed by atoms with Crippen LogP contribution >= 0.6 is 0 Å². The molecule has 2 N–H and O–H groups in total. The van der Waals surface area contributed by atoms with E-state index in [0.29, 0.717) is 18.9 Å². The van der Waals surface area contributed by atoms with Crippen LogP contribution in [0.1, 0.15) is 19.3 Å². The van der Waals surface area contributed by atoms with E-state index in [4.69, 9.17) is 5.73 Å². The Morgan fingerprint density at radius 3 is 2.45 bits per heavy atom. The summed E-state index contributed by atoms with van der Waals surface area (Å²) in [5, 5.41) is 0. The Morgan fingerprint density at radius 1 is 1.45 bits per heavy atom. The molecule has 66 valence electrons. The molecule has 1 fully saturated rings. The van der Waals surface area contributed by atoms with Gasteiger partial charge in [0.15, 0.2) is 0 Å². The molecule has 2 nitrogen and oxygen atoms in total. The average molecular weight is 165 g/mol. The Morgan fingerprint density at radius 2 is 2.09 bits per heavy atom. The van der Waals surface area contributed by atoms with Crippen molar-refractivity contribution in [3.63, 3.8) is 0 Å². The summed E-state index contributed by atoms with van der Waals surface area (Å²) in [5.74, 6) is 0.340. The third-order valence-electron chi connectivity index (χ3n) is 1.88. The van der Waals surface area contributed by atoms with Gasteiger partial charge < -0.3 is 10.5 Å². The predicted octanol–water partition coefficient (Wildman–Crippen LogP) is 1.35. The summed E-state index contributed by atoms with van der Waals surface area (Å²) in [7, 11) is 0. The van der Waals surface area contributed by atoms with E-state index < -0.39 is 6.61 Å². The van der Waals surface area contributed by atoms with Crippen LogP contribution in [0.2, 0.25) is 0 Å². The van der Waals surface area contributed by atoms with Gasteiger partial charge in [-0.25, -0.2) is 0 Å². The van der Waals surface area contributed by atoms with E-state index in [-0.39, 0.29) is 6.10 Å². The number of nitrogens with two attached hydrogens (primary N) is 1. The van der Waals surface area contributed by atoms with Crippen molar-refractivity contribution in [1.29, 1.82) is 0 Å². The van der Waals surface area contributed by atoms with Gasteiger partial charge in [0.1, 0.15) is 0 Å². The van der Waals surface area contributed by atoms with Crippen LogP contribution in [0, 0.1) is 5.92 Å². The quantitative estimate of drug-likeness (QED) is 0.667. The minimum atomic E-state index is -2.65. The van der Waals surface area contributed by atoms with Crippen molar-refractivity contribution in [2.45, 2.75) is 32.0 Å². The predicted molar refractivity (Wildman–Crippen MR) is 37.3 cm³/mol. The van der Waals surface area contributed by atoms with Gasteiger partial charge in [-0.3, -0.25) is 0 Å². The van der Waals surface area contributed by atoms with Gasteiger partial charge in [0.05, 0.1) is 6.10 Å². The summed E-state index contributed by atoms with van der Waals surface area (Å²) >= 11 is 0. The molecule has 0 aromatic rings. The first-order valence-electron chi connectivity index (χ1n) is 3.87. The monoisotopic (exact) mass is 165 g/mol. The zero-order chi connectivity index (χ0) is 8.27. The first-order chi connectivity index (χ1) is 5.24. The van der Waals surface area contributed by atoms with Crippen molar-refractivity contribution in [3.05, 3.63) is 0 Å². The summed E-state index contributed by atoms with van der Waals surface area (Å²) in [6, 6.07) is 0. The summed E-state index contributed by atoms with van der Waals surface area (Å²) in [5.41, 5.74) is 5.25. The SMILES string of the molecule is NCCC(OC(F)F)C1CC1. The maximum Gasteiger partial charge on any atom is 0.345 e. The van der Waals surface area contributed by atoms with E-state index in [9.17, 15) is 8.78 Å². The molecule has 1 rings (SSSR count). The summed E-state index contributed by atoms with van der Waals surface area (Å²) < 4.78 is 27.9. The van der Waals surface area contributed by atoms with Crippen molar-refractivity contribution in [2.75, 3.05) is 6.54 Å². The zero-order valence-electron chi connectivity index (χ0n) is 6.30. The first kappa shape index (κ1) is 8.87. The molecule has 1 aliphatic rings. The molecule has 0 aromatic carbocycles. The highest BCUT2D eigenvalue weighted by atomic mass is 19.3. The van der Waals surface area contributed by atoms with Gasteiger partial charge in [-0.05, 0) is 31.7 Å². The molecule has 1 saturated carbocycles. The Bertz CT molecular complexity index is 117. The Kier molecular flexibility index (Phi) is 3.20. The second-order valence-electron chi connectivity index (χ2n) is 2.85. The molecule has 0 aliphatic heterocycles. The van der Waals surface area contributed by atoms with Crippen LogP contribution in [0.4, 0.5) is 8.78 Å². The van der Waals surface area contributed by atoms with Crippen molar-refractivity contribution in [2.24, 2.45) is 11.7 Å². The second kappa shape index (κ2) is 3.97. The number of ether oxygens (including phenoxy) is 1. The van der Waals surface area contributed by atoms with Crippen molar-refractivity contribution < 1.29 is 13.5 Å². The van der Waals surface area contributed by atoms with Crippen LogP contribution in [-0.2, 0) is 4.74 Å². The van der Waals surface area contributed by atoms with E-state index >= 15 is 0 Å². The van der Waals surface area contributed by atoms with Crippen LogP contribution < -0.4 is 5.73 Å². The molecule has 0 radical (unpaired) electrons. The first-order valence-corrected chi connectivity index (χ1v) is 3.87. The molecule has 0 saturated heterocycles. The highest BCUT2D eigenvalue weighted by molar-refractivity contribution is 4.82. The standard InChI is InChI=1S/C7H13F2NO/c8-7(9)11-6(3-4-10)5-1-2-5/h5-7H,1-4,10H2. The smallest absolute Gasteiger partial charge is 0.330 e. The minimum Gasteiger partial charge on any atom is -0.330 e. The van der Waals surface area contributed by atoms with Crippen molar-refractivity contribution >= 4 is 0 Å². The zero-order valence-corrected chi connectivity index (χ0v) is 6.30. The fraction of sp³-hybridized carbons (Fsp3) is 1.00. The minimum absolute atomic E-state index is 0.306. The van der Waals surface area contributed by atoms with Crippen LogP contribution in [0.15, 0.2) is 0 Å². The Labute approximate surface area is 64.7 Å². The van der Waals surface area contributed by atoms with Gasteiger partial charge in [-0.15, -0.1) is 0 Å². The van der Waals surface area contributed by atoms with Crippen LogP contribution in [0.5, 0.6) is 0 Å². The second-order valence-corrected chi connectivity index (χ2v) is 2.85. The molecular formula is C7H13F2NO. The highest BCUT2D eigenvalue weighted by Gasteiger charge is 2.33. The highest BCUT2D eigenvalue weighted by Crippen LogP contribution is 2.36. The fourth-order valence-corrected chi connectivity index (χ4v) is 1.18. The number of alkyl halides is 2. The number of hydrogen-bond acceptors (Lipinski definition) is 2. The number of hydrogen-bond donors (Lipinski definition) is 1. The third-order valence-corrected chi connectivity index (χ3v) is 1.88. The number of halogens is 2. The maximum absolute atomic E-state index is 11.7. The molecule has 0 bridgehead atoms. The fourth-order valence-electron chi connectivity index (χ4n) is 1.18. The molecular weight excluding hydrogens is 152 g/mol. The lowest BCUT2D eigenvalue weighted by Crippen LogP contribution is -2.22. The molecule has 1 aliphatic carbocycles. The topological polar surface area (TPSA) is 35.2 Å². The normalized spacial score (nSPS) is 20.7. The lowest BCUT2D eigenvalue weighted by Gasteiger charge is -2.14. The van der Waals surface area contributed by atoms with Gasteiger partial charge in [0.25, 0.3) is 0 Å². The van der Waals surface area contributed by atoms with Crippen LogP contribution in [0.3, 0.4) is 0 Å². The molecule has 1 atom stereocenters. The summed E-state index contributed by atoms with van der Waals surface area (Å²) in [6.45, 7) is -2.22.